The molecule has 5 heteroatoms. The van der Waals surface area contributed by atoms with Gasteiger partial charge in [0, 0.05) is 12.4 Å². The summed E-state index contributed by atoms with van der Waals surface area (Å²) in [5, 5.41) is 7.75. The van der Waals surface area contributed by atoms with Crippen molar-refractivity contribution in [2.45, 2.75) is 31.7 Å². The van der Waals surface area contributed by atoms with Gasteiger partial charge in [-0.3, -0.25) is 4.68 Å². The summed E-state index contributed by atoms with van der Waals surface area (Å²) in [5.74, 6) is 0. The number of nitrogens with zero attached hydrogens (tertiary/aromatic N) is 2. The molecule has 3 nitrogen and oxygen atoms in total. The summed E-state index contributed by atoms with van der Waals surface area (Å²) < 4.78 is 2.13. The molecule has 1 spiro atoms. The van der Waals surface area contributed by atoms with Crippen LogP contribution in [0.4, 0.5) is 0 Å². The van der Waals surface area contributed by atoms with Crippen LogP contribution in [-0.2, 0) is 0 Å². The predicted octanol–water partition coefficient (Wildman–Crippen LogP) is 2.43. The van der Waals surface area contributed by atoms with Crippen LogP contribution in [0.5, 0.6) is 0 Å². The van der Waals surface area contributed by atoms with Gasteiger partial charge in [0.05, 0.1) is 6.04 Å². The molecule has 16 heavy (non-hydrogen) atoms. The Morgan fingerprint density at radius 3 is 2.44 bits per heavy atom. The van der Waals surface area contributed by atoms with Crippen LogP contribution in [0, 0.1) is 5.41 Å². The van der Waals surface area contributed by atoms with E-state index in [-0.39, 0.29) is 24.8 Å². The zero-order chi connectivity index (χ0) is 9.43. The Balaban J connectivity index is 0.000000640. The van der Waals surface area contributed by atoms with Crippen LogP contribution in [0.3, 0.4) is 0 Å². The van der Waals surface area contributed by atoms with Crippen molar-refractivity contribution in [3.63, 3.8) is 0 Å². The molecule has 1 saturated heterocycles. The molecule has 1 aliphatic carbocycles. The van der Waals surface area contributed by atoms with Crippen molar-refractivity contribution in [3.05, 3.63) is 18.5 Å². The molecule has 1 aliphatic heterocycles. The van der Waals surface area contributed by atoms with Gasteiger partial charge >= 0.3 is 0 Å². The molecule has 1 aromatic rings. The first-order chi connectivity index (χ1) is 6.88. The Morgan fingerprint density at radius 2 is 1.88 bits per heavy atom. The third-order valence-corrected chi connectivity index (χ3v) is 3.90. The molecule has 0 amide bonds. The molecule has 3 rings (SSSR count). The second kappa shape index (κ2) is 5.39. The monoisotopic (exact) mass is 263 g/mol. The van der Waals surface area contributed by atoms with Gasteiger partial charge in [-0.1, -0.05) is 0 Å². The number of nitrogens with one attached hydrogen (secondary N) is 1. The van der Waals surface area contributed by atoms with Crippen molar-refractivity contribution in [1.29, 1.82) is 0 Å². The van der Waals surface area contributed by atoms with Crippen molar-refractivity contribution >= 4 is 24.8 Å². The summed E-state index contributed by atoms with van der Waals surface area (Å²) in [7, 11) is 0. The molecule has 2 fully saturated rings. The molecule has 2 aliphatic rings. The number of aromatic nitrogens is 2. The summed E-state index contributed by atoms with van der Waals surface area (Å²) in [4.78, 5) is 0. The molecule has 92 valence electrons. The lowest BCUT2D eigenvalue weighted by atomic mass is 9.60. The van der Waals surface area contributed by atoms with Crippen LogP contribution in [0.2, 0.25) is 0 Å². The Bertz CT molecular complexity index is 299. The van der Waals surface area contributed by atoms with E-state index in [1.54, 1.807) is 0 Å². The highest BCUT2D eigenvalue weighted by molar-refractivity contribution is 5.85. The molecular formula is C11H19Cl2N3. The zero-order valence-electron chi connectivity index (χ0n) is 9.26. The average Bonchev–Trinajstić information content (AvgIpc) is 2.68. The molecule has 0 aromatic carbocycles. The summed E-state index contributed by atoms with van der Waals surface area (Å²) >= 11 is 0. The van der Waals surface area contributed by atoms with E-state index < -0.39 is 0 Å². The highest BCUT2D eigenvalue weighted by Crippen LogP contribution is 2.53. The van der Waals surface area contributed by atoms with Gasteiger partial charge < -0.3 is 5.32 Å². The van der Waals surface area contributed by atoms with Crippen LogP contribution in [-0.4, -0.2) is 22.9 Å². The van der Waals surface area contributed by atoms with E-state index in [4.69, 9.17) is 0 Å². The van der Waals surface area contributed by atoms with Crippen molar-refractivity contribution < 1.29 is 0 Å². The third-order valence-electron chi connectivity index (χ3n) is 3.90. The van der Waals surface area contributed by atoms with Gasteiger partial charge in [-0.2, -0.15) is 5.10 Å². The molecular weight excluding hydrogens is 245 g/mol. The molecule has 1 aromatic heterocycles. The van der Waals surface area contributed by atoms with Gasteiger partial charge in [0.15, 0.2) is 0 Å². The van der Waals surface area contributed by atoms with Gasteiger partial charge in [0.2, 0.25) is 0 Å². The molecule has 0 bridgehead atoms. The lowest BCUT2D eigenvalue weighted by molar-refractivity contribution is 0.0230. The van der Waals surface area contributed by atoms with E-state index in [0.717, 1.165) is 0 Å². The molecule has 0 unspecified atom stereocenters. The van der Waals surface area contributed by atoms with Crippen molar-refractivity contribution in [2.75, 3.05) is 13.1 Å². The van der Waals surface area contributed by atoms with Crippen molar-refractivity contribution in [3.8, 4) is 0 Å². The lowest BCUT2D eigenvalue weighted by Crippen LogP contribution is -2.46. The van der Waals surface area contributed by atoms with Crippen LogP contribution in [0.15, 0.2) is 18.5 Å². The minimum atomic E-state index is 0. The standard InChI is InChI=1S/C11H17N3.2ClH/c1-4-13-14(7-1)10-8-11(9-10)2-5-12-6-3-11;;/h1,4,7,10,12H,2-3,5-6,8-9H2;2*1H. The van der Waals surface area contributed by atoms with Crippen molar-refractivity contribution in [1.82, 2.24) is 15.1 Å². The Labute approximate surface area is 109 Å². The largest absolute Gasteiger partial charge is 0.317 e. The van der Waals surface area contributed by atoms with Crippen LogP contribution >= 0.6 is 24.8 Å². The predicted molar refractivity (Wildman–Crippen MR) is 69.5 cm³/mol. The molecule has 2 heterocycles. The van der Waals surface area contributed by atoms with Gasteiger partial charge in [-0.05, 0) is 50.3 Å². The summed E-state index contributed by atoms with van der Waals surface area (Å²) in [6, 6.07) is 2.70. The van der Waals surface area contributed by atoms with Gasteiger partial charge in [0.25, 0.3) is 0 Å². The minimum absolute atomic E-state index is 0. The van der Waals surface area contributed by atoms with E-state index in [9.17, 15) is 0 Å². The van der Waals surface area contributed by atoms with E-state index in [0.29, 0.717) is 11.5 Å². The first-order valence-corrected chi connectivity index (χ1v) is 5.58. The molecule has 0 atom stereocenters. The summed E-state index contributed by atoms with van der Waals surface area (Å²) in [5.41, 5.74) is 0.669. The maximum Gasteiger partial charge on any atom is 0.0529 e. The summed E-state index contributed by atoms with van der Waals surface area (Å²) in [6.07, 6.45) is 9.40. The van der Waals surface area contributed by atoms with Crippen LogP contribution in [0.1, 0.15) is 31.7 Å². The minimum Gasteiger partial charge on any atom is -0.317 e. The lowest BCUT2D eigenvalue weighted by Gasteiger charge is -2.50. The first kappa shape index (κ1) is 13.8. The number of hydrogen-bond donors (Lipinski definition) is 1. The Kier molecular flexibility index (Phi) is 4.65. The quantitative estimate of drug-likeness (QED) is 0.844. The SMILES string of the molecule is Cl.Cl.c1cnn(C2CC3(CCNCC3)C2)c1. The molecule has 1 N–H and O–H groups in total. The fraction of sp³-hybridized carbons (Fsp3) is 0.727. The Hall–Kier alpha value is -0.250. The normalized spacial score (nSPS) is 23.0. The number of rotatable bonds is 1. The van der Waals surface area contributed by atoms with Gasteiger partial charge in [-0.25, -0.2) is 0 Å². The highest BCUT2D eigenvalue weighted by Gasteiger charge is 2.45. The maximum absolute atomic E-state index is 4.32. The number of hydrogen-bond acceptors (Lipinski definition) is 2. The maximum atomic E-state index is 4.32. The summed E-state index contributed by atoms with van der Waals surface area (Å²) in [6.45, 7) is 2.43. The zero-order valence-corrected chi connectivity index (χ0v) is 10.9. The molecule has 0 radical (unpaired) electrons. The topological polar surface area (TPSA) is 29.9 Å². The van der Waals surface area contributed by atoms with E-state index in [1.807, 2.05) is 12.3 Å². The van der Waals surface area contributed by atoms with Gasteiger partial charge in [-0.15, -0.1) is 24.8 Å². The Morgan fingerprint density at radius 1 is 1.19 bits per heavy atom. The molecule has 1 saturated carbocycles. The fourth-order valence-electron chi connectivity index (χ4n) is 2.99. The number of piperidine rings is 1. The van der Waals surface area contributed by atoms with E-state index in [1.165, 1.54) is 38.8 Å². The van der Waals surface area contributed by atoms with E-state index in [2.05, 4.69) is 21.3 Å². The van der Waals surface area contributed by atoms with Crippen LogP contribution < -0.4 is 5.32 Å². The second-order valence-corrected chi connectivity index (χ2v) is 4.80. The van der Waals surface area contributed by atoms with Crippen molar-refractivity contribution in [2.24, 2.45) is 5.41 Å². The smallest absolute Gasteiger partial charge is 0.0529 e. The van der Waals surface area contributed by atoms with Gasteiger partial charge in [0.1, 0.15) is 0 Å². The highest BCUT2D eigenvalue weighted by atomic mass is 35.5. The van der Waals surface area contributed by atoms with Crippen LogP contribution in [0.25, 0.3) is 0 Å². The second-order valence-electron chi connectivity index (χ2n) is 4.80. The van der Waals surface area contributed by atoms with E-state index >= 15 is 0 Å². The first-order valence-electron chi connectivity index (χ1n) is 5.58. The average molecular weight is 264 g/mol. The number of halogens is 2. The fourth-order valence-corrected chi connectivity index (χ4v) is 2.99. The third kappa shape index (κ3) is 2.36.